The Hall–Kier alpha value is -1.60. The number of pyridine rings is 1. The Morgan fingerprint density at radius 3 is 2.77 bits per heavy atom. The molecule has 2 N–H and O–H groups in total. The lowest BCUT2D eigenvalue weighted by molar-refractivity contribution is -0.125. The van der Waals surface area contributed by atoms with Gasteiger partial charge in [0.1, 0.15) is 0 Å². The highest BCUT2D eigenvalue weighted by atomic mass is 32.2. The van der Waals surface area contributed by atoms with E-state index in [4.69, 9.17) is 0 Å². The molecule has 1 aromatic heterocycles. The molecule has 2 amide bonds. The van der Waals surface area contributed by atoms with E-state index in [1.807, 2.05) is 19.2 Å². The van der Waals surface area contributed by atoms with Crippen molar-refractivity contribution in [3.05, 3.63) is 24.5 Å². The Labute approximate surface area is 160 Å². The maximum Gasteiger partial charge on any atom is 0.230 e. The van der Waals surface area contributed by atoms with Gasteiger partial charge in [0.25, 0.3) is 0 Å². The van der Waals surface area contributed by atoms with Gasteiger partial charge in [0.05, 0.1) is 11.7 Å². The minimum absolute atomic E-state index is 0.00459. The van der Waals surface area contributed by atoms with Gasteiger partial charge in [0.2, 0.25) is 11.8 Å². The number of hydrogen-bond acceptors (Lipinski definition) is 5. The van der Waals surface area contributed by atoms with Crippen LogP contribution in [0.1, 0.15) is 32.6 Å². The number of likely N-dealkylation sites (N-methyl/N-ethyl adjacent to an activating group) is 1. The molecule has 26 heavy (non-hydrogen) atoms. The first-order chi connectivity index (χ1) is 12.6. The number of thioether (sulfide) groups is 1. The molecule has 0 saturated carbocycles. The topological polar surface area (TPSA) is 74.3 Å². The molecule has 0 bridgehead atoms. The molecule has 144 valence electrons. The fourth-order valence-corrected chi connectivity index (χ4v) is 3.82. The average molecular weight is 379 g/mol. The first kappa shape index (κ1) is 20.7. The summed E-state index contributed by atoms with van der Waals surface area (Å²) >= 11 is 1.51. The molecule has 2 heterocycles. The number of carbonyl (C=O) groups excluding carboxylic acids is 2. The molecule has 0 radical (unpaired) electrons. The van der Waals surface area contributed by atoms with Gasteiger partial charge in [-0.25, -0.2) is 0 Å². The first-order valence-corrected chi connectivity index (χ1v) is 10.4. The van der Waals surface area contributed by atoms with E-state index in [0.29, 0.717) is 5.75 Å². The highest BCUT2D eigenvalue weighted by Gasteiger charge is 2.27. The van der Waals surface area contributed by atoms with Crippen molar-refractivity contribution < 1.29 is 9.59 Å². The number of nitrogens with zero attached hydrogens (tertiary/aromatic N) is 2. The lowest BCUT2D eigenvalue weighted by atomic mass is 10.0. The van der Waals surface area contributed by atoms with Gasteiger partial charge in [-0.15, -0.1) is 11.8 Å². The molecule has 1 aromatic rings. The van der Waals surface area contributed by atoms with Crippen molar-refractivity contribution in [3.8, 4) is 0 Å². The molecule has 1 fully saturated rings. The zero-order valence-corrected chi connectivity index (χ0v) is 16.6. The van der Waals surface area contributed by atoms with E-state index in [-0.39, 0.29) is 23.8 Å². The highest BCUT2D eigenvalue weighted by Crippen LogP contribution is 2.18. The zero-order chi connectivity index (χ0) is 18.8. The lowest BCUT2D eigenvalue weighted by Gasteiger charge is -2.21. The number of unbranched alkanes of at least 4 members (excludes halogenated alkanes) is 1. The number of aromatic nitrogens is 1. The van der Waals surface area contributed by atoms with Crippen LogP contribution in [0.4, 0.5) is 0 Å². The quantitative estimate of drug-likeness (QED) is 0.534. The average Bonchev–Trinajstić information content (AvgIpc) is 2.82. The normalized spacial score (nSPS) is 21.0. The van der Waals surface area contributed by atoms with Crippen LogP contribution < -0.4 is 10.6 Å². The summed E-state index contributed by atoms with van der Waals surface area (Å²) in [4.78, 5) is 31.7. The summed E-state index contributed by atoms with van der Waals surface area (Å²) in [6.07, 6.45) is 7.20. The second kappa shape index (κ2) is 11.2. The van der Waals surface area contributed by atoms with Crippen molar-refractivity contribution in [1.82, 2.24) is 20.5 Å². The molecule has 0 aliphatic carbocycles. The van der Waals surface area contributed by atoms with Gasteiger partial charge < -0.3 is 15.5 Å². The van der Waals surface area contributed by atoms with Crippen LogP contribution in [0, 0.1) is 5.92 Å². The van der Waals surface area contributed by atoms with Crippen molar-refractivity contribution in [2.24, 2.45) is 5.92 Å². The second-order valence-electron chi connectivity index (χ2n) is 6.88. The standard InChI is InChI=1S/C19H30N4O2S/c1-3-4-9-21-19(25)15-5-6-16(13-23(2)12-15)22-18(24)14-26-17-7-10-20-11-8-17/h7-8,10-11,15-16H,3-6,9,12-14H2,1-2H3,(H,21,25)(H,22,24)/t15-,16+/m1/s1. The number of nitrogens with one attached hydrogen (secondary N) is 2. The monoisotopic (exact) mass is 378 g/mol. The summed E-state index contributed by atoms with van der Waals surface area (Å²) in [7, 11) is 2.02. The van der Waals surface area contributed by atoms with Gasteiger partial charge in [-0.1, -0.05) is 13.3 Å². The summed E-state index contributed by atoms with van der Waals surface area (Å²) < 4.78 is 0. The van der Waals surface area contributed by atoms with Crippen LogP contribution in [0.2, 0.25) is 0 Å². The summed E-state index contributed by atoms with van der Waals surface area (Å²) in [6.45, 7) is 4.40. The van der Waals surface area contributed by atoms with Gasteiger partial charge in [-0.2, -0.15) is 0 Å². The van der Waals surface area contributed by atoms with E-state index in [0.717, 1.165) is 50.2 Å². The van der Waals surface area contributed by atoms with Crippen molar-refractivity contribution in [1.29, 1.82) is 0 Å². The number of amides is 2. The summed E-state index contributed by atoms with van der Waals surface area (Å²) in [6, 6.07) is 3.90. The molecule has 6 nitrogen and oxygen atoms in total. The Morgan fingerprint density at radius 2 is 2.04 bits per heavy atom. The smallest absolute Gasteiger partial charge is 0.230 e. The molecule has 0 spiro atoms. The highest BCUT2D eigenvalue weighted by molar-refractivity contribution is 8.00. The van der Waals surface area contributed by atoms with Crippen molar-refractivity contribution in [2.45, 2.75) is 43.5 Å². The van der Waals surface area contributed by atoms with Crippen molar-refractivity contribution in [2.75, 3.05) is 32.4 Å². The minimum Gasteiger partial charge on any atom is -0.356 e. The Morgan fingerprint density at radius 1 is 1.27 bits per heavy atom. The summed E-state index contributed by atoms with van der Waals surface area (Å²) in [5, 5.41) is 6.16. The van der Waals surface area contributed by atoms with E-state index in [2.05, 4.69) is 27.4 Å². The minimum atomic E-state index is 0.00459. The third-order valence-electron chi connectivity index (χ3n) is 4.51. The lowest BCUT2D eigenvalue weighted by Crippen LogP contribution is -2.42. The van der Waals surface area contributed by atoms with E-state index < -0.39 is 0 Å². The molecule has 2 rings (SSSR count). The van der Waals surface area contributed by atoms with Gasteiger partial charge in [0.15, 0.2) is 0 Å². The third-order valence-corrected chi connectivity index (χ3v) is 5.52. The van der Waals surface area contributed by atoms with E-state index >= 15 is 0 Å². The zero-order valence-electron chi connectivity index (χ0n) is 15.7. The van der Waals surface area contributed by atoms with Gasteiger partial charge >= 0.3 is 0 Å². The molecule has 7 heteroatoms. The number of hydrogen-bond donors (Lipinski definition) is 2. The van der Waals surface area contributed by atoms with Crippen LogP contribution in [0.15, 0.2) is 29.4 Å². The summed E-state index contributed by atoms with van der Waals surface area (Å²) in [5.41, 5.74) is 0. The number of likely N-dealkylation sites (tertiary alicyclic amines) is 1. The Balaban J connectivity index is 1.76. The molecular formula is C19H30N4O2S. The Kier molecular flexibility index (Phi) is 8.91. The van der Waals surface area contributed by atoms with Crippen molar-refractivity contribution >= 4 is 23.6 Å². The van der Waals surface area contributed by atoms with Crippen LogP contribution in [0.3, 0.4) is 0 Å². The fraction of sp³-hybridized carbons (Fsp3) is 0.632. The fourth-order valence-electron chi connectivity index (χ4n) is 3.13. The number of rotatable bonds is 8. The van der Waals surface area contributed by atoms with Crippen LogP contribution in [0.25, 0.3) is 0 Å². The SMILES string of the molecule is CCCCNC(=O)[C@@H]1CC[C@H](NC(=O)CSc2ccncc2)CN(C)C1. The Bertz CT molecular complexity index is 570. The van der Waals surface area contributed by atoms with Crippen LogP contribution in [-0.2, 0) is 9.59 Å². The van der Waals surface area contributed by atoms with Crippen LogP contribution >= 0.6 is 11.8 Å². The molecular weight excluding hydrogens is 348 g/mol. The molecule has 1 aliphatic rings. The van der Waals surface area contributed by atoms with Gasteiger partial charge in [-0.05, 0) is 38.4 Å². The molecule has 1 aliphatic heterocycles. The third kappa shape index (κ3) is 7.33. The van der Waals surface area contributed by atoms with E-state index in [1.54, 1.807) is 12.4 Å². The molecule has 2 atom stereocenters. The predicted molar refractivity (Wildman–Crippen MR) is 105 cm³/mol. The second-order valence-corrected chi connectivity index (χ2v) is 7.92. The van der Waals surface area contributed by atoms with E-state index in [9.17, 15) is 9.59 Å². The largest absolute Gasteiger partial charge is 0.356 e. The van der Waals surface area contributed by atoms with Gasteiger partial charge in [0, 0.05) is 43.0 Å². The van der Waals surface area contributed by atoms with Crippen LogP contribution in [-0.4, -0.2) is 60.2 Å². The maximum atomic E-state index is 12.3. The molecule has 0 unspecified atom stereocenters. The number of carbonyl (C=O) groups is 2. The molecule has 1 saturated heterocycles. The van der Waals surface area contributed by atoms with Crippen LogP contribution in [0.5, 0.6) is 0 Å². The van der Waals surface area contributed by atoms with Gasteiger partial charge in [-0.3, -0.25) is 14.6 Å². The van der Waals surface area contributed by atoms with E-state index in [1.165, 1.54) is 11.8 Å². The first-order valence-electron chi connectivity index (χ1n) is 9.37. The predicted octanol–water partition coefficient (Wildman–Crippen LogP) is 1.92. The summed E-state index contributed by atoms with van der Waals surface area (Å²) in [5.74, 6) is 0.581. The van der Waals surface area contributed by atoms with Crippen molar-refractivity contribution in [3.63, 3.8) is 0 Å². The maximum absolute atomic E-state index is 12.3. The molecule has 0 aromatic carbocycles.